The fourth-order valence-electron chi connectivity index (χ4n) is 4.61. The zero-order valence-corrected chi connectivity index (χ0v) is 21.7. The van der Waals surface area contributed by atoms with E-state index in [2.05, 4.69) is 15.6 Å². The molecule has 4 atom stereocenters. The summed E-state index contributed by atoms with van der Waals surface area (Å²) in [6.07, 6.45) is 1.15. The molecule has 0 bridgehead atoms. The Bertz CT molecular complexity index is 1580. The largest absolute Gasteiger partial charge is 0.477 e. The number of nitrogens with one attached hydrogen (secondary N) is 2. The molecule has 1 fully saturated rings. The van der Waals surface area contributed by atoms with Crippen LogP contribution in [0.15, 0.2) is 35.3 Å². The number of rotatable bonds is 7. The molecule has 2 amide bonds. The predicted molar refractivity (Wildman–Crippen MR) is 138 cm³/mol. The first-order valence-electron chi connectivity index (χ1n) is 12.4. The first-order chi connectivity index (χ1) is 18.8. The summed E-state index contributed by atoms with van der Waals surface area (Å²) in [5.74, 6) is -5.67. The highest BCUT2D eigenvalue weighted by molar-refractivity contribution is 5.92. The number of anilines is 1. The van der Waals surface area contributed by atoms with Crippen molar-refractivity contribution in [2.75, 3.05) is 11.4 Å². The number of nitrogens with zero attached hydrogens (tertiary/aromatic N) is 3. The zero-order valence-electron chi connectivity index (χ0n) is 21.7. The Hall–Kier alpha value is -4.46. The van der Waals surface area contributed by atoms with Gasteiger partial charge in [-0.15, -0.1) is 0 Å². The Balaban J connectivity index is 1.72. The molecule has 1 aliphatic heterocycles. The number of carboxylic acid groups (broad SMARTS) is 1. The van der Waals surface area contributed by atoms with Crippen molar-refractivity contribution in [3.05, 3.63) is 63.8 Å². The zero-order chi connectivity index (χ0) is 29.5. The Morgan fingerprint density at radius 2 is 1.80 bits per heavy atom. The van der Waals surface area contributed by atoms with Crippen LogP contribution in [0.5, 0.6) is 0 Å². The van der Waals surface area contributed by atoms with Gasteiger partial charge in [0.05, 0.1) is 12.2 Å². The number of halogens is 3. The molecule has 3 heterocycles. The fourth-order valence-corrected chi connectivity index (χ4v) is 4.61. The Morgan fingerprint density at radius 3 is 2.42 bits per heavy atom. The lowest BCUT2D eigenvalue weighted by Gasteiger charge is -2.24. The second kappa shape index (κ2) is 11.0. The Labute approximate surface area is 225 Å². The normalized spacial score (nSPS) is 18.4. The van der Waals surface area contributed by atoms with Gasteiger partial charge in [0.2, 0.25) is 11.8 Å². The third kappa shape index (κ3) is 5.47. The quantitative estimate of drug-likeness (QED) is 0.338. The Morgan fingerprint density at radius 1 is 1.10 bits per heavy atom. The summed E-state index contributed by atoms with van der Waals surface area (Å²) in [6, 6.07) is 1.05. The number of aromatic nitrogens is 2. The van der Waals surface area contributed by atoms with Crippen LogP contribution in [-0.2, 0) is 9.59 Å². The third-order valence-corrected chi connectivity index (χ3v) is 6.69. The van der Waals surface area contributed by atoms with Crippen LogP contribution < -0.4 is 26.8 Å². The lowest BCUT2D eigenvalue weighted by molar-refractivity contribution is -0.129. The van der Waals surface area contributed by atoms with Crippen LogP contribution >= 0.6 is 0 Å². The van der Waals surface area contributed by atoms with Crippen LogP contribution in [0.1, 0.15) is 37.6 Å². The molecule has 0 saturated carbocycles. The molecule has 0 unspecified atom stereocenters. The van der Waals surface area contributed by atoms with Crippen LogP contribution in [0.3, 0.4) is 0 Å². The lowest BCUT2D eigenvalue weighted by atomic mass is 10.0. The van der Waals surface area contributed by atoms with E-state index in [0.717, 1.165) is 24.4 Å². The molecular weight excluding hydrogens is 533 g/mol. The molecule has 1 saturated heterocycles. The van der Waals surface area contributed by atoms with Gasteiger partial charge < -0.3 is 26.4 Å². The maximum atomic E-state index is 15.4. The van der Waals surface area contributed by atoms with Gasteiger partial charge in [-0.25, -0.2) is 22.9 Å². The molecule has 0 radical (unpaired) electrons. The molecule has 3 aromatic rings. The molecule has 1 aliphatic rings. The topological polar surface area (TPSA) is 159 Å². The Kier molecular flexibility index (Phi) is 7.82. The van der Waals surface area contributed by atoms with Crippen molar-refractivity contribution in [1.29, 1.82) is 0 Å². The summed E-state index contributed by atoms with van der Waals surface area (Å²) in [7, 11) is 0. The van der Waals surface area contributed by atoms with Gasteiger partial charge in [0, 0.05) is 35.8 Å². The predicted octanol–water partition coefficient (Wildman–Crippen LogP) is 1.41. The number of carbonyl (C=O) groups is 3. The van der Waals surface area contributed by atoms with E-state index >= 15 is 4.39 Å². The van der Waals surface area contributed by atoms with Crippen molar-refractivity contribution >= 4 is 29.2 Å². The van der Waals surface area contributed by atoms with Gasteiger partial charge in [-0.2, -0.15) is 0 Å². The first-order valence-corrected chi connectivity index (χ1v) is 12.4. The summed E-state index contributed by atoms with van der Waals surface area (Å²) in [6.45, 7) is 4.85. The molecule has 14 heteroatoms. The SMILES string of the molecule is C[C@H](N)C(=O)N[C@@H](C)C(=O)N[C@H]1C[C@H](C)N(c2nc3c(-c4ccc(F)cc4F)cc(C(=O)O)c(=O)n3cc2F)C1. The average Bonchev–Trinajstić information content (AvgIpc) is 3.23. The van der Waals surface area contributed by atoms with Crippen molar-refractivity contribution in [3.63, 3.8) is 0 Å². The van der Waals surface area contributed by atoms with Gasteiger partial charge in [0.25, 0.3) is 5.56 Å². The van der Waals surface area contributed by atoms with E-state index in [0.29, 0.717) is 16.9 Å². The van der Waals surface area contributed by atoms with Gasteiger partial charge in [-0.1, -0.05) is 0 Å². The average molecular weight is 561 g/mol. The van der Waals surface area contributed by atoms with Crippen molar-refractivity contribution in [3.8, 4) is 11.1 Å². The number of nitrogens with two attached hydrogens (primary N) is 1. The molecule has 5 N–H and O–H groups in total. The van der Waals surface area contributed by atoms with E-state index in [-0.39, 0.29) is 35.2 Å². The van der Waals surface area contributed by atoms with Gasteiger partial charge >= 0.3 is 5.97 Å². The van der Waals surface area contributed by atoms with Gasteiger partial charge in [0.1, 0.15) is 28.9 Å². The molecule has 2 aromatic heterocycles. The van der Waals surface area contributed by atoms with Crippen molar-refractivity contribution in [2.45, 2.75) is 51.4 Å². The highest BCUT2D eigenvalue weighted by Gasteiger charge is 2.34. The number of amides is 2. The molecule has 4 rings (SSSR count). The minimum atomic E-state index is -1.62. The monoisotopic (exact) mass is 560 g/mol. The number of pyridine rings is 1. The summed E-state index contributed by atoms with van der Waals surface area (Å²) < 4.78 is 44.4. The summed E-state index contributed by atoms with van der Waals surface area (Å²) in [4.78, 5) is 54.8. The van der Waals surface area contributed by atoms with E-state index in [1.165, 1.54) is 13.8 Å². The second-order valence-corrected chi connectivity index (χ2v) is 9.77. The second-order valence-electron chi connectivity index (χ2n) is 9.77. The fraction of sp³-hybridized carbons (Fsp3) is 0.346. The molecule has 1 aromatic carbocycles. The van der Waals surface area contributed by atoms with Crippen LogP contribution in [0.25, 0.3) is 16.8 Å². The molecule has 212 valence electrons. The van der Waals surface area contributed by atoms with Crippen LogP contribution in [0.2, 0.25) is 0 Å². The maximum absolute atomic E-state index is 15.4. The number of benzene rings is 1. The molecule has 11 nitrogen and oxygen atoms in total. The summed E-state index contributed by atoms with van der Waals surface area (Å²) >= 11 is 0. The smallest absolute Gasteiger partial charge is 0.341 e. The van der Waals surface area contributed by atoms with Crippen molar-refractivity contribution in [2.24, 2.45) is 5.73 Å². The molecular formula is C26H27F3N6O5. The van der Waals surface area contributed by atoms with E-state index in [4.69, 9.17) is 5.73 Å². The van der Waals surface area contributed by atoms with E-state index in [9.17, 15) is 33.1 Å². The minimum Gasteiger partial charge on any atom is -0.477 e. The van der Waals surface area contributed by atoms with Gasteiger partial charge in [0.15, 0.2) is 11.6 Å². The van der Waals surface area contributed by atoms with Gasteiger partial charge in [-0.05, 0) is 45.4 Å². The van der Waals surface area contributed by atoms with Crippen LogP contribution in [-0.4, -0.2) is 63.0 Å². The maximum Gasteiger partial charge on any atom is 0.341 e. The number of aromatic carboxylic acids is 1. The van der Waals surface area contributed by atoms with Crippen molar-refractivity contribution in [1.82, 2.24) is 20.0 Å². The minimum absolute atomic E-state index is 0.110. The standard InChI is InChI=1S/C26H27F3N6O5/c1-11-6-15(32-24(37)13(3)31-23(36)12(2)30)9-34(11)22-20(29)10-35-21(33-22)17(8-18(25(35)38)26(39)40)16-5-4-14(27)7-19(16)28/h4-5,7-8,10-13,15H,6,9,30H2,1-3H3,(H,31,36)(H,32,37)(H,39,40)/t11-,12-,13-,15-/m0/s1. The highest BCUT2D eigenvalue weighted by Crippen LogP contribution is 2.31. The third-order valence-electron chi connectivity index (χ3n) is 6.69. The number of hydrogen-bond acceptors (Lipinski definition) is 7. The van der Waals surface area contributed by atoms with E-state index in [1.54, 1.807) is 11.8 Å². The molecule has 40 heavy (non-hydrogen) atoms. The number of fused-ring (bicyclic) bond motifs is 1. The number of carbonyl (C=O) groups excluding carboxylic acids is 2. The lowest BCUT2D eigenvalue weighted by Crippen LogP contribution is -2.51. The van der Waals surface area contributed by atoms with E-state index < -0.39 is 64.5 Å². The first kappa shape index (κ1) is 28.5. The number of carboxylic acids is 1. The van der Waals surface area contributed by atoms with Gasteiger partial charge in [-0.3, -0.25) is 18.8 Å². The van der Waals surface area contributed by atoms with Crippen LogP contribution in [0.4, 0.5) is 19.0 Å². The van der Waals surface area contributed by atoms with Crippen LogP contribution in [0, 0.1) is 17.5 Å². The molecule has 0 aliphatic carbocycles. The highest BCUT2D eigenvalue weighted by atomic mass is 19.1. The van der Waals surface area contributed by atoms with E-state index in [1.807, 2.05) is 0 Å². The van der Waals surface area contributed by atoms with Crippen molar-refractivity contribution < 1.29 is 32.7 Å². The molecule has 0 spiro atoms. The summed E-state index contributed by atoms with van der Waals surface area (Å²) in [5.41, 5.74) is 3.02. The number of hydrogen-bond donors (Lipinski definition) is 4. The summed E-state index contributed by atoms with van der Waals surface area (Å²) in [5, 5.41) is 14.8.